The number of guanidine groups is 1. The van der Waals surface area contributed by atoms with Crippen molar-refractivity contribution in [3.05, 3.63) is 59.0 Å². The fourth-order valence-corrected chi connectivity index (χ4v) is 3.21. The third-order valence-electron chi connectivity index (χ3n) is 4.83. The first-order valence-electron chi connectivity index (χ1n) is 9.45. The van der Waals surface area contributed by atoms with Crippen molar-refractivity contribution in [3.63, 3.8) is 0 Å². The molecule has 0 bridgehead atoms. The smallest absolute Gasteiger partial charge is 0.191 e. The van der Waals surface area contributed by atoms with E-state index < -0.39 is 0 Å². The van der Waals surface area contributed by atoms with Crippen LogP contribution in [0.4, 0.5) is 0 Å². The van der Waals surface area contributed by atoms with Gasteiger partial charge in [-0.25, -0.2) is 0 Å². The molecule has 0 spiro atoms. The van der Waals surface area contributed by atoms with Gasteiger partial charge in [0, 0.05) is 37.5 Å². The molecule has 3 aromatic rings. The maximum absolute atomic E-state index is 5.45. The molecule has 3 rings (SSSR count). The molecule has 0 fully saturated rings. The fourth-order valence-electron chi connectivity index (χ4n) is 3.21. The van der Waals surface area contributed by atoms with Crippen molar-refractivity contribution in [2.45, 2.75) is 39.8 Å². The van der Waals surface area contributed by atoms with Crippen LogP contribution in [0, 0.1) is 13.8 Å². The first-order valence-corrected chi connectivity index (χ1v) is 9.45. The van der Waals surface area contributed by atoms with E-state index in [-0.39, 0.29) is 30.0 Å². The monoisotopic (exact) mass is 508 g/mol. The highest BCUT2D eigenvalue weighted by molar-refractivity contribution is 14.0. The summed E-state index contributed by atoms with van der Waals surface area (Å²) in [7, 11) is 3.74. The maximum Gasteiger partial charge on any atom is 0.191 e. The van der Waals surface area contributed by atoms with E-state index in [1.165, 1.54) is 11.3 Å². The standard InChI is InChI=1S/C21H28N6O.HI/c1-14(11-19-15(2)25-27(5)16(19)3)24-21(22-4)23-13-18-12-20(28-26-18)17-9-7-6-8-10-17;/h6-10,12,14H,11,13H2,1-5H3,(H2,22,23,24);1H. The molecule has 1 aromatic carbocycles. The first-order chi connectivity index (χ1) is 13.5. The molecule has 156 valence electrons. The zero-order valence-corrected chi connectivity index (χ0v) is 19.9. The van der Waals surface area contributed by atoms with Gasteiger partial charge in [0.15, 0.2) is 11.7 Å². The van der Waals surface area contributed by atoms with Crippen molar-refractivity contribution in [2.24, 2.45) is 12.0 Å². The number of aromatic nitrogens is 3. The molecular weight excluding hydrogens is 479 g/mol. The highest BCUT2D eigenvalue weighted by Crippen LogP contribution is 2.19. The van der Waals surface area contributed by atoms with E-state index in [9.17, 15) is 0 Å². The summed E-state index contributed by atoms with van der Waals surface area (Å²) in [5.74, 6) is 1.49. The topological polar surface area (TPSA) is 80.3 Å². The molecule has 2 N–H and O–H groups in total. The lowest BCUT2D eigenvalue weighted by Crippen LogP contribution is -2.42. The second kappa shape index (κ2) is 10.4. The molecule has 2 aromatic heterocycles. The SMILES string of the molecule is CN=C(NCc1cc(-c2ccccc2)on1)NC(C)Cc1c(C)nn(C)c1C.I. The lowest BCUT2D eigenvalue weighted by atomic mass is 10.1. The van der Waals surface area contributed by atoms with Gasteiger partial charge in [-0.05, 0) is 32.8 Å². The van der Waals surface area contributed by atoms with E-state index in [1.54, 1.807) is 7.05 Å². The number of aryl methyl sites for hydroxylation is 2. The number of rotatable bonds is 6. The molecule has 2 heterocycles. The number of nitrogens with one attached hydrogen (secondary N) is 2. The van der Waals surface area contributed by atoms with Crippen LogP contribution in [-0.2, 0) is 20.0 Å². The zero-order chi connectivity index (χ0) is 20.1. The number of halogens is 1. The van der Waals surface area contributed by atoms with Gasteiger partial charge in [0.05, 0.1) is 12.2 Å². The second-order valence-corrected chi connectivity index (χ2v) is 7.00. The van der Waals surface area contributed by atoms with Crippen LogP contribution in [0.3, 0.4) is 0 Å². The second-order valence-electron chi connectivity index (χ2n) is 7.00. The normalized spacial score (nSPS) is 12.4. The summed E-state index contributed by atoms with van der Waals surface area (Å²) < 4.78 is 7.38. The Morgan fingerprint density at radius 2 is 1.97 bits per heavy atom. The van der Waals surface area contributed by atoms with E-state index >= 15 is 0 Å². The van der Waals surface area contributed by atoms with Gasteiger partial charge in [-0.15, -0.1) is 24.0 Å². The van der Waals surface area contributed by atoms with Crippen molar-refractivity contribution in [1.29, 1.82) is 0 Å². The minimum absolute atomic E-state index is 0. The summed E-state index contributed by atoms with van der Waals surface area (Å²) in [6, 6.07) is 12.1. The van der Waals surface area contributed by atoms with E-state index in [2.05, 4.69) is 46.7 Å². The quantitative estimate of drug-likeness (QED) is 0.302. The Hall–Kier alpha value is -2.36. The van der Waals surface area contributed by atoms with Crippen molar-refractivity contribution >= 4 is 29.9 Å². The van der Waals surface area contributed by atoms with Gasteiger partial charge in [0.25, 0.3) is 0 Å². The van der Waals surface area contributed by atoms with Crippen LogP contribution in [0.15, 0.2) is 45.9 Å². The van der Waals surface area contributed by atoms with Crippen LogP contribution in [0.2, 0.25) is 0 Å². The third-order valence-corrected chi connectivity index (χ3v) is 4.83. The summed E-state index contributed by atoms with van der Waals surface area (Å²) >= 11 is 0. The molecular formula is C21H29IN6O. The Labute approximate surface area is 189 Å². The molecule has 0 radical (unpaired) electrons. The number of nitrogens with zero attached hydrogens (tertiary/aromatic N) is 4. The largest absolute Gasteiger partial charge is 0.356 e. The zero-order valence-electron chi connectivity index (χ0n) is 17.6. The average molecular weight is 508 g/mol. The summed E-state index contributed by atoms with van der Waals surface area (Å²) in [4.78, 5) is 4.31. The molecule has 29 heavy (non-hydrogen) atoms. The van der Waals surface area contributed by atoms with E-state index in [1.807, 2.05) is 48.1 Å². The van der Waals surface area contributed by atoms with Crippen molar-refractivity contribution in [1.82, 2.24) is 25.6 Å². The van der Waals surface area contributed by atoms with Gasteiger partial charge in [-0.1, -0.05) is 35.5 Å². The minimum atomic E-state index is 0. The lowest BCUT2D eigenvalue weighted by molar-refractivity contribution is 0.422. The van der Waals surface area contributed by atoms with Crippen molar-refractivity contribution < 1.29 is 4.52 Å². The van der Waals surface area contributed by atoms with Crippen LogP contribution in [0.25, 0.3) is 11.3 Å². The van der Waals surface area contributed by atoms with Crippen LogP contribution in [0.5, 0.6) is 0 Å². The number of hydrogen-bond acceptors (Lipinski definition) is 4. The van der Waals surface area contributed by atoms with Gasteiger partial charge >= 0.3 is 0 Å². The number of benzene rings is 1. The van der Waals surface area contributed by atoms with E-state index in [4.69, 9.17) is 4.52 Å². The Morgan fingerprint density at radius 1 is 1.24 bits per heavy atom. The highest BCUT2D eigenvalue weighted by Gasteiger charge is 2.14. The highest BCUT2D eigenvalue weighted by atomic mass is 127. The Balaban J connectivity index is 0.00000300. The fraction of sp³-hybridized carbons (Fsp3) is 0.381. The van der Waals surface area contributed by atoms with Gasteiger partial charge in [-0.2, -0.15) is 5.10 Å². The molecule has 1 atom stereocenters. The van der Waals surface area contributed by atoms with Crippen LogP contribution >= 0.6 is 24.0 Å². The Morgan fingerprint density at radius 3 is 2.59 bits per heavy atom. The molecule has 0 saturated heterocycles. The average Bonchev–Trinajstić information content (AvgIpc) is 3.26. The van der Waals surface area contributed by atoms with Crippen LogP contribution in [0.1, 0.15) is 29.6 Å². The summed E-state index contributed by atoms with van der Waals surface area (Å²) in [5.41, 5.74) is 5.40. The predicted molar refractivity (Wildman–Crippen MR) is 127 cm³/mol. The Kier molecular flexibility index (Phi) is 8.24. The molecule has 0 amide bonds. The summed E-state index contributed by atoms with van der Waals surface area (Å²) in [5, 5.41) is 15.4. The van der Waals surface area contributed by atoms with Crippen molar-refractivity contribution in [3.8, 4) is 11.3 Å². The van der Waals surface area contributed by atoms with Gasteiger partial charge in [0.2, 0.25) is 0 Å². The van der Waals surface area contributed by atoms with Crippen molar-refractivity contribution in [2.75, 3.05) is 7.05 Å². The number of hydrogen-bond donors (Lipinski definition) is 2. The summed E-state index contributed by atoms with van der Waals surface area (Å²) in [6.07, 6.45) is 0.883. The van der Waals surface area contributed by atoms with E-state index in [0.29, 0.717) is 6.54 Å². The molecule has 0 aliphatic carbocycles. The van der Waals surface area contributed by atoms with Gasteiger partial charge < -0.3 is 15.2 Å². The molecule has 7 nitrogen and oxygen atoms in total. The first kappa shape index (κ1) is 22.9. The van der Waals surface area contributed by atoms with Gasteiger partial charge in [-0.3, -0.25) is 9.67 Å². The van der Waals surface area contributed by atoms with E-state index in [0.717, 1.165) is 35.1 Å². The van der Waals surface area contributed by atoms with Crippen LogP contribution < -0.4 is 10.6 Å². The minimum Gasteiger partial charge on any atom is -0.356 e. The number of aliphatic imine (C=N–C) groups is 1. The van der Waals surface area contributed by atoms with Crippen LogP contribution in [-0.4, -0.2) is 34.0 Å². The molecule has 1 unspecified atom stereocenters. The predicted octanol–water partition coefficient (Wildman–Crippen LogP) is 3.61. The lowest BCUT2D eigenvalue weighted by Gasteiger charge is -2.17. The maximum atomic E-state index is 5.45. The molecule has 0 aliphatic heterocycles. The summed E-state index contributed by atoms with van der Waals surface area (Å²) in [6.45, 7) is 6.83. The molecule has 0 saturated carbocycles. The molecule has 8 heteroatoms. The molecule has 0 aliphatic rings. The Bertz CT molecular complexity index is 947. The van der Waals surface area contributed by atoms with Gasteiger partial charge in [0.1, 0.15) is 5.69 Å². The third kappa shape index (κ3) is 5.81.